The highest BCUT2D eigenvalue weighted by molar-refractivity contribution is 5.35. The molecule has 0 saturated carbocycles. The van der Waals surface area contributed by atoms with Crippen molar-refractivity contribution in [3.63, 3.8) is 0 Å². The lowest BCUT2D eigenvalue weighted by molar-refractivity contribution is 0.00381. The zero-order valence-corrected chi connectivity index (χ0v) is 12.1. The van der Waals surface area contributed by atoms with E-state index in [4.69, 9.17) is 0 Å². The molecule has 98 valence electrons. The molecule has 2 unspecified atom stereocenters. The molecule has 0 aromatic heterocycles. The molecular formula is C15H26O2. The van der Waals surface area contributed by atoms with Gasteiger partial charge in [0.15, 0.2) is 0 Å². The third-order valence-corrected chi connectivity index (χ3v) is 4.10. The van der Waals surface area contributed by atoms with E-state index in [9.17, 15) is 10.2 Å². The van der Waals surface area contributed by atoms with Crippen LogP contribution in [0.3, 0.4) is 0 Å². The van der Waals surface area contributed by atoms with Crippen molar-refractivity contribution in [1.29, 1.82) is 0 Å². The second-order valence-corrected chi connectivity index (χ2v) is 7.35. The van der Waals surface area contributed by atoms with Crippen LogP contribution in [0.25, 0.3) is 0 Å². The highest BCUT2D eigenvalue weighted by atomic mass is 16.3. The van der Waals surface area contributed by atoms with Crippen LogP contribution in [-0.4, -0.2) is 16.3 Å². The van der Waals surface area contributed by atoms with Crippen LogP contribution >= 0.6 is 0 Å². The van der Waals surface area contributed by atoms with E-state index in [-0.39, 0.29) is 16.6 Å². The topological polar surface area (TPSA) is 40.5 Å². The van der Waals surface area contributed by atoms with Crippen molar-refractivity contribution in [2.24, 2.45) is 16.2 Å². The second-order valence-electron chi connectivity index (χ2n) is 7.35. The van der Waals surface area contributed by atoms with Crippen LogP contribution in [0.15, 0.2) is 23.5 Å². The summed E-state index contributed by atoms with van der Waals surface area (Å²) in [7, 11) is 0. The van der Waals surface area contributed by atoms with Crippen LogP contribution in [-0.2, 0) is 0 Å². The monoisotopic (exact) mass is 238 g/mol. The summed E-state index contributed by atoms with van der Waals surface area (Å²) in [6.45, 7) is 14.5. The molecular weight excluding hydrogens is 212 g/mol. The maximum Gasteiger partial charge on any atom is 0.112 e. The Morgan fingerprint density at radius 3 is 1.94 bits per heavy atom. The van der Waals surface area contributed by atoms with E-state index in [0.29, 0.717) is 0 Å². The largest absolute Gasteiger partial charge is 0.508 e. The SMILES string of the molecule is CC(C)(C)C1=CC(O)=CC(C)(C(C)(C)C)C1O. The summed E-state index contributed by atoms with van der Waals surface area (Å²) in [5, 5.41) is 20.6. The van der Waals surface area contributed by atoms with Gasteiger partial charge in [-0.25, -0.2) is 0 Å². The van der Waals surface area contributed by atoms with Crippen molar-refractivity contribution < 1.29 is 10.2 Å². The molecule has 0 spiro atoms. The smallest absolute Gasteiger partial charge is 0.112 e. The lowest BCUT2D eigenvalue weighted by Gasteiger charge is -2.48. The van der Waals surface area contributed by atoms with E-state index >= 15 is 0 Å². The predicted molar refractivity (Wildman–Crippen MR) is 71.8 cm³/mol. The highest BCUT2D eigenvalue weighted by Crippen LogP contribution is 2.50. The zero-order valence-electron chi connectivity index (χ0n) is 12.1. The van der Waals surface area contributed by atoms with Crippen LogP contribution in [0, 0.1) is 16.2 Å². The molecule has 1 aliphatic carbocycles. The van der Waals surface area contributed by atoms with Gasteiger partial charge in [-0.2, -0.15) is 0 Å². The fourth-order valence-corrected chi connectivity index (χ4v) is 2.24. The summed E-state index contributed by atoms with van der Waals surface area (Å²) in [6, 6.07) is 0. The minimum atomic E-state index is -0.557. The number of hydrogen-bond donors (Lipinski definition) is 2. The standard InChI is InChI=1S/C15H26O2/c1-13(2,3)11-8-10(16)9-15(7,12(11)17)14(4,5)6/h8-9,12,16-17H,1-7H3. The Morgan fingerprint density at radius 1 is 1.12 bits per heavy atom. The lowest BCUT2D eigenvalue weighted by atomic mass is 9.59. The summed E-state index contributed by atoms with van der Waals surface area (Å²) in [5.41, 5.74) is 0.184. The maximum atomic E-state index is 10.7. The molecule has 1 rings (SSSR count). The third-order valence-electron chi connectivity index (χ3n) is 4.10. The van der Waals surface area contributed by atoms with E-state index in [1.807, 2.05) is 6.92 Å². The second kappa shape index (κ2) is 3.88. The van der Waals surface area contributed by atoms with Gasteiger partial charge in [-0.1, -0.05) is 48.5 Å². The molecule has 17 heavy (non-hydrogen) atoms. The summed E-state index contributed by atoms with van der Waals surface area (Å²) in [6.07, 6.45) is 2.93. The average molecular weight is 238 g/mol. The van der Waals surface area contributed by atoms with Gasteiger partial charge in [-0.15, -0.1) is 0 Å². The Morgan fingerprint density at radius 2 is 1.59 bits per heavy atom. The molecule has 0 aromatic rings. The van der Waals surface area contributed by atoms with Crippen molar-refractivity contribution in [3.05, 3.63) is 23.5 Å². The van der Waals surface area contributed by atoms with Gasteiger partial charge in [0.2, 0.25) is 0 Å². The number of rotatable bonds is 0. The Bertz CT molecular complexity index is 363. The first kappa shape index (κ1) is 14.3. The molecule has 0 fully saturated rings. The van der Waals surface area contributed by atoms with Gasteiger partial charge in [0.1, 0.15) is 5.76 Å². The molecule has 0 saturated heterocycles. The van der Waals surface area contributed by atoms with Gasteiger partial charge < -0.3 is 10.2 Å². The fraction of sp³-hybridized carbons (Fsp3) is 0.733. The van der Waals surface area contributed by atoms with Crippen LogP contribution in [0.2, 0.25) is 0 Å². The van der Waals surface area contributed by atoms with Crippen LogP contribution < -0.4 is 0 Å². The maximum absolute atomic E-state index is 10.7. The van der Waals surface area contributed by atoms with E-state index in [0.717, 1.165) is 5.57 Å². The third kappa shape index (κ3) is 2.42. The molecule has 0 amide bonds. The lowest BCUT2D eigenvalue weighted by Crippen LogP contribution is -2.46. The van der Waals surface area contributed by atoms with Gasteiger partial charge in [0.25, 0.3) is 0 Å². The van der Waals surface area contributed by atoms with E-state index in [2.05, 4.69) is 41.5 Å². The molecule has 2 nitrogen and oxygen atoms in total. The molecule has 0 aliphatic heterocycles. The van der Waals surface area contributed by atoms with Gasteiger partial charge in [0.05, 0.1) is 6.10 Å². The Balaban J connectivity index is 3.32. The first-order valence-corrected chi connectivity index (χ1v) is 6.21. The summed E-state index contributed by atoms with van der Waals surface area (Å²) in [5.74, 6) is 0.262. The van der Waals surface area contributed by atoms with Gasteiger partial charge in [0, 0.05) is 5.41 Å². The first-order chi connectivity index (χ1) is 7.39. The summed E-state index contributed by atoms with van der Waals surface area (Å²) < 4.78 is 0. The summed E-state index contributed by atoms with van der Waals surface area (Å²) in [4.78, 5) is 0. The Kier molecular flexibility index (Phi) is 3.26. The van der Waals surface area contributed by atoms with Crippen LogP contribution in [0.4, 0.5) is 0 Å². The molecule has 0 aromatic carbocycles. The van der Waals surface area contributed by atoms with E-state index in [1.165, 1.54) is 0 Å². The van der Waals surface area contributed by atoms with E-state index in [1.54, 1.807) is 12.2 Å². The van der Waals surface area contributed by atoms with Gasteiger partial charge >= 0.3 is 0 Å². The minimum absolute atomic E-state index is 0.120. The number of aliphatic hydroxyl groups excluding tert-OH is 2. The molecule has 1 aliphatic rings. The van der Waals surface area contributed by atoms with Crippen molar-refractivity contribution in [1.82, 2.24) is 0 Å². The molecule has 0 bridgehead atoms. The average Bonchev–Trinajstić information content (AvgIpc) is 2.07. The number of aliphatic hydroxyl groups is 2. The van der Waals surface area contributed by atoms with Gasteiger partial charge in [-0.05, 0) is 28.6 Å². The zero-order chi connectivity index (χ0) is 13.6. The van der Waals surface area contributed by atoms with Crippen molar-refractivity contribution in [3.8, 4) is 0 Å². The molecule has 2 N–H and O–H groups in total. The predicted octanol–water partition coefficient (Wildman–Crippen LogP) is 3.83. The molecule has 2 atom stereocenters. The van der Waals surface area contributed by atoms with Crippen LogP contribution in [0.1, 0.15) is 48.5 Å². The van der Waals surface area contributed by atoms with Crippen molar-refractivity contribution in [2.45, 2.75) is 54.6 Å². The minimum Gasteiger partial charge on any atom is -0.508 e. The molecule has 0 radical (unpaired) electrons. The van der Waals surface area contributed by atoms with Crippen molar-refractivity contribution in [2.75, 3.05) is 0 Å². The Hall–Kier alpha value is -0.760. The number of allylic oxidation sites excluding steroid dienone is 1. The first-order valence-electron chi connectivity index (χ1n) is 6.21. The number of hydrogen-bond acceptors (Lipinski definition) is 2. The normalized spacial score (nSPS) is 30.9. The molecule has 0 heterocycles. The van der Waals surface area contributed by atoms with Gasteiger partial charge in [-0.3, -0.25) is 0 Å². The highest BCUT2D eigenvalue weighted by Gasteiger charge is 2.47. The fourth-order valence-electron chi connectivity index (χ4n) is 2.24. The van der Waals surface area contributed by atoms with Crippen LogP contribution in [0.5, 0.6) is 0 Å². The van der Waals surface area contributed by atoms with Crippen molar-refractivity contribution >= 4 is 0 Å². The quantitative estimate of drug-likeness (QED) is 0.673. The summed E-state index contributed by atoms with van der Waals surface area (Å²) >= 11 is 0. The Labute approximate surface area is 105 Å². The van der Waals surface area contributed by atoms with E-state index < -0.39 is 11.5 Å². The molecule has 2 heteroatoms.